The first-order chi connectivity index (χ1) is 16.1. The first-order valence-corrected chi connectivity index (χ1v) is 11.2. The van der Waals surface area contributed by atoms with Crippen molar-refractivity contribution in [1.82, 2.24) is 24.9 Å². The minimum Gasteiger partial charge on any atom is -0.493 e. The molecule has 1 aliphatic heterocycles. The Bertz CT molecular complexity index is 1280. The lowest BCUT2D eigenvalue weighted by Gasteiger charge is -2.35. The van der Waals surface area contributed by atoms with Gasteiger partial charge in [0.25, 0.3) is 5.91 Å². The molecule has 0 spiro atoms. The number of fused-ring (bicyclic) bond motifs is 1. The molecule has 0 atom stereocenters. The highest BCUT2D eigenvalue weighted by atomic mass is 16.5. The SMILES string of the molecule is CCOc1ccc2ccccc2c1C(=O)N1CCN(c2ccc(-n3ccc(C)n3)nn2)CC1. The summed E-state index contributed by atoms with van der Waals surface area (Å²) in [5, 5.41) is 15.0. The maximum absolute atomic E-state index is 13.5. The quantitative estimate of drug-likeness (QED) is 0.471. The zero-order chi connectivity index (χ0) is 22.8. The number of anilines is 1. The average Bonchev–Trinajstić information content (AvgIpc) is 3.30. The molecule has 1 aliphatic rings. The first kappa shape index (κ1) is 20.9. The molecule has 0 radical (unpaired) electrons. The molecule has 8 nitrogen and oxygen atoms in total. The number of hydrogen-bond donors (Lipinski definition) is 0. The van der Waals surface area contributed by atoms with Crippen LogP contribution in [0.2, 0.25) is 0 Å². The number of carbonyl (C=O) groups excluding carboxylic acids is 1. The normalized spacial score (nSPS) is 14.0. The zero-order valence-electron chi connectivity index (χ0n) is 18.8. The number of aryl methyl sites for hydroxylation is 1. The monoisotopic (exact) mass is 442 g/mol. The van der Waals surface area contributed by atoms with Gasteiger partial charge in [0, 0.05) is 32.4 Å². The molecule has 0 bridgehead atoms. The highest BCUT2D eigenvalue weighted by molar-refractivity contribution is 6.09. The molecular weight excluding hydrogens is 416 g/mol. The lowest BCUT2D eigenvalue weighted by molar-refractivity contribution is 0.0744. The van der Waals surface area contributed by atoms with Crippen LogP contribution in [0.1, 0.15) is 23.0 Å². The molecule has 33 heavy (non-hydrogen) atoms. The average molecular weight is 443 g/mol. The van der Waals surface area contributed by atoms with Crippen LogP contribution in [0, 0.1) is 6.92 Å². The van der Waals surface area contributed by atoms with Crippen LogP contribution in [0.4, 0.5) is 5.82 Å². The van der Waals surface area contributed by atoms with E-state index < -0.39 is 0 Å². The van der Waals surface area contributed by atoms with E-state index in [0.29, 0.717) is 49.9 Å². The molecule has 1 amide bonds. The number of ether oxygens (including phenoxy) is 1. The molecular formula is C25H26N6O2. The van der Waals surface area contributed by atoms with E-state index in [2.05, 4.69) is 20.2 Å². The van der Waals surface area contributed by atoms with E-state index >= 15 is 0 Å². The maximum Gasteiger partial charge on any atom is 0.258 e. The molecule has 0 unspecified atom stereocenters. The summed E-state index contributed by atoms with van der Waals surface area (Å²) in [4.78, 5) is 17.6. The summed E-state index contributed by atoms with van der Waals surface area (Å²) >= 11 is 0. The third-order valence-electron chi connectivity index (χ3n) is 5.89. The van der Waals surface area contributed by atoms with E-state index in [0.717, 1.165) is 22.3 Å². The smallest absolute Gasteiger partial charge is 0.258 e. The molecule has 2 aromatic heterocycles. The maximum atomic E-state index is 13.5. The van der Waals surface area contributed by atoms with Gasteiger partial charge in [0.1, 0.15) is 5.75 Å². The van der Waals surface area contributed by atoms with Crippen LogP contribution in [-0.2, 0) is 0 Å². The Balaban J connectivity index is 1.31. The second kappa shape index (κ2) is 8.90. The van der Waals surface area contributed by atoms with Crippen molar-refractivity contribution in [2.24, 2.45) is 0 Å². The number of hydrogen-bond acceptors (Lipinski definition) is 6. The molecule has 5 rings (SSSR count). The van der Waals surface area contributed by atoms with E-state index in [1.807, 2.05) is 79.5 Å². The van der Waals surface area contributed by atoms with Gasteiger partial charge in [-0.2, -0.15) is 5.10 Å². The van der Waals surface area contributed by atoms with Crippen molar-refractivity contribution < 1.29 is 9.53 Å². The molecule has 8 heteroatoms. The Labute approximate surface area is 192 Å². The zero-order valence-corrected chi connectivity index (χ0v) is 18.8. The fourth-order valence-electron chi connectivity index (χ4n) is 4.20. The van der Waals surface area contributed by atoms with Gasteiger partial charge in [-0.25, -0.2) is 4.68 Å². The Hall–Kier alpha value is -3.94. The summed E-state index contributed by atoms with van der Waals surface area (Å²) in [7, 11) is 0. The van der Waals surface area contributed by atoms with Crippen LogP contribution in [0.25, 0.3) is 16.6 Å². The van der Waals surface area contributed by atoms with Crippen molar-refractivity contribution in [3.05, 3.63) is 72.1 Å². The van der Waals surface area contributed by atoms with Gasteiger partial charge in [0.2, 0.25) is 0 Å². The standard InChI is InChI=1S/C25H26N6O2/c1-3-33-21-9-8-19-6-4-5-7-20(19)24(21)25(32)30-16-14-29(15-17-30)22-10-11-23(27-26-22)31-13-12-18(2)28-31/h4-13H,3,14-17H2,1-2H3. The molecule has 2 aromatic carbocycles. The highest BCUT2D eigenvalue weighted by Crippen LogP contribution is 2.30. The predicted molar refractivity (Wildman–Crippen MR) is 127 cm³/mol. The summed E-state index contributed by atoms with van der Waals surface area (Å²) in [6.07, 6.45) is 1.87. The Morgan fingerprint density at radius 3 is 2.39 bits per heavy atom. The van der Waals surface area contributed by atoms with Gasteiger partial charge >= 0.3 is 0 Å². The van der Waals surface area contributed by atoms with Crippen LogP contribution >= 0.6 is 0 Å². The van der Waals surface area contributed by atoms with Gasteiger partial charge in [0.15, 0.2) is 11.6 Å². The topological polar surface area (TPSA) is 76.4 Å². The van der Waals surface area contributed by atoms with Crippen LogP contribution in [0.3, 0.4) is 0 Å². The van der Waals surface area contributed by atoms with Crippen LogP contribution in [0.5, 0.6) is 5.75 Å². The predicted octanol–water partition coefficient (Wildman–Crippen LogP) is 3.49. The van der Waals surface area contributed by atoms with Crippen molar-refractivity contribution in [3.8, 4) is 11.6 Å². The fourth-order valence-corrected chi connectivity index (χ4v) is 4.20. The molecule has 0 aliphatic carbocycles. The molecule has 3 heterocycles. The molecule has 0 saturated carbocycles. The molecule has 4 aromatic rings. The van der Waals surface area contributed by atoms with Crippen molar-refractivity contribution >= 4 is 22.5 Å². The number of benzene rings is 2. The van der Waals surface area contributed by atoms with Crippen molar-refractivity contribution in [2.75, 3.05) is 37.7 Å². The van der Waals surface area contributed by atoms with Crippen molar-refractivity contribution in [1.29, 1.82) is 0 Å². The van der Waals surface area contributed by atoms with Gasteiger partial charge in [-0.05, 0) is 48.9 Å². The Morgan fingerprint density at radius 2 is 1.70 bits per heavy atom. The van der Waals surface area contributed by atoms with Gasteiger partial charge in [-0.15, -0.1) is 10.2 Å². The first-order valence-electron chi connectivity index (χ1n) is 11.2. The highest BCUT2D eigenvalue weighted by Gasteiger charge is 2.26. The van der Waals surface area contributed by atoms with Crippen molar-refractivity contribution in [2.45, 2.75) is 13.8 Å². The number of nitrogens with zero attached hydrogens (tertiary/aromatic N) is 6. The van der Waals surface area contributed by atoms with Crippen LogP contribution < -0.4 is 9.64 Å². The Morgan fingerprint density at radius 1 is 0.939 bits per heavy atom. The minimum atomic E-state index is 0.00499. The third-order valence-corrected chi connectivity index (χ3v) is 5.89. The number of carbonyl (C=O) groups is 1. The Kier molecular flexibility index (Phi) is 5.64. The third kappa shape index (κ3) is 4.11. The number of aromatic nitrogens is 4. The molecule has 0 N–H and O–H groups in total. The summed E-state index contributed by atoms with van der Waals surface area (Å²) in [5.41, 5.74) is 1.57. The van der Waals surface area contributed by atoms with Gasteiger partial charge in [0.05, 0.1) is 17.9 Å². The van der Waals surface area contributed by atoms with Crippen LogP contribution in [0.15, 0.2) is 60.8 Å². The minimum absolute atomic E-state index is 0.00499. The van der Waals surface area contributed by atoms with Gasteiger partial charge in [-0.3, -0.25) is 4.79 Å². The van der Waals surface area contributed by atoms with E-state index in [1.54, 1.807) is 4.68 Å². The van der Waals surface area contributed by atoms with Gasteiger partial charge < -0.3 is 14.5 Å². The lowest BCUT2D eigenvalue weighted by Crippen LogP contribution is -2.49. The van der Waals surface area contributed by atoms with E-state index in [-0.39, 0.29) is 5.91 Å². The molecule has 168 valence electrons. The second-order valence-corrected chi connectivity index (χ2v) is 8.02. The number of rotatable bonds is 5. The molecule has 1 saturated heterocycles. The van der Waals surface area contributed by atoms with E-state index in [9.17, 15) is 4.79 Å². The summed E-state index contributed by atoms with van der Waals surface area (Å²) < 4.78 is 7.52. The van der Waals surface area contributed by atoms with E-state index in [1.165, 1.54) is 0 Å². The summed E-state index contributed by atoms with van der Waals surface area (Å²) in [5.74, 6) is 2.12. The second-order valence-electron chi connectivity index (χ2n) is 8.02. The lowest BCUT2D eigenvalue weighted by atomic mass is 10.0. The number of piperazine rings is 1. The van der Waals surface area contributed by atoms with Gasteiger partial charge in [-0.1, -0.05) is 30.3 Å². The van der Waals surface area contributed by atoms with Crippen molar-refractivity contribution in [3.63, 3.8) is 0 Å². The molecule has 1 fully saturated rings. The summed E-state index contributed by atoms with van der Waals surface area (Å²) in [6.45, 7) is 6.98. The van der Waals surface area contributed by atoms with E-state index in [4.69, 9.17) is 4.74 Å². The fraction of sp³-hybridized carbons (Fsp3) is 0.280. The largest absolute Gasteiger partial charge is 0.493 e. The summed E-state index contributed by atoms with van der Waals surface area (Å²) in [6, 6.07) is 17.6. The number of amides is 1. The van der Waals surface area contributed by atoms with Crippen LogP contribution in [-0.4, -0.2) is 63.6 Å².